The first-order valence-electron chi connectivity index (χ1n) is 7.77. The van der Waals surface area contributed by atoms with Crippen molar-refractivity contribution in [3.63, 3.8) is 0 Å². The summed E-state index contributed by atoms with van der Waals surface area (Å²) in [5.74, 6) is 0.545. The van der Waals surface area contributed by atoms with E-state index in [0.717, 1.165) is 37.4 Å². The fraction of sp³-hybridized carbons (Fsp3) is 0.588. The van der Waals surface area contributed by atoms with Crippen LogP contribution in [0.5, 0.6) is 0 Å². The minimum atomic E-state index is -0.256. The highest BCUT2D eigenvalue weighted by molar-refractivity contribution is 5.81. The minimum Gasteiger partial charge on any atom is -0.348 e. The molecule has 2 rings (SSSR count). The SMILES string of the molecule is CC1CCN(C(C)C(=O)NC(C)c2ccc(F)cc2)CC1. The lowest BCUT2D eigenvalue weighted by molar-refractivity contribution is -0.127. The predicted molar refractivity (Wildman–Crippen MR) is 82.4 cm³/mol. The van der Waals surface area contributed by atoms with Gasteiger partial charge in [-0.3, -0.25) is 9.69 Å². The van der Waals surface area contributed by atoms with Crippen LogP contribution in [0.2, 0.25) is 0 Å². The second kappa shape index (κ2) is 7.03. The summed E-state index contributed by atoms with van der Waals surface area (Å²) >= 11 is 0. The number of hydrogen-bond acceptors (Lipinski definition) is 2. The number of carbonyl (C=O) groups excluding carboxylic acids is 1. The number of carbonyl (C=O) groups is 1. The van der Waals surface area contributed by atoms with Gasteiger partial charge in [0.15, 0.2) is 0 Å². The lowest BCUT2D eigenvalue weighted by atomic mass is 9.98. The summed E-state index contributed by atoms with van der Waals surface area (Å²) in [6, 6.07) is 6.06. The van der Waals surface area contributed by atoms with E-state index in [1.54, 1.807) is 12.1 Å². The number of piperidine rings is 1. The van der Waals surface area contributed by atoms with Gasteiger partial charge in [-0.15, -0.1) is 0 Å². The van der Waals surface area contributed by atoms with Gasteiger partial charge in [-0.1, -0.05) is 19.1 Å². The van der Waals surface area contributed by atoms with Crippen molar-refractivity contribution in [2.45, 2.75) is 45.7 Å². The van der Waals surface area contributed by atoms with Crippen LogP contribution in [0.3, 0.4) is 0 Å². The molecule has 1 saturated heterocycles. The fourth-order valence-corrected chi connectivity index (χ4v) is 2.75. The zero-order valence-corrected chi connectivity index (χ0v) is 13.1. The Morgan fingerprint density at radius 1 is 1.24 bits per heavy atom. The lowest BCUT2D eigenvalue weighted by Gasteiger charge is -2.34. The van der Waals surface area contributed by atoms with Gasteiger partial charge in [0.25, 0.3) is 0 Å². The quantitative estimate of drug-likeness (QED) is 0.924. The van der Waals surface area contributed by atoms with E-state index in [4.69, 9.17) is 0 Å². The average Bonchev–Trinajstić information content (AvgIpc) is 2.47. The van der Waals surface area contributed by atoms with Crippen molar-refractivity contribution in [2.24, 2.45) is 5.92 Å². The predicted octanol–water partition coefficient (Wildman–Crippen LogP) is 3.12. The topological polar surface area (TPSA) is 32.3 Å². The summed E-state index contributed by atoms with van der Waals surface area (Å²) in [6.45, 7) is 8.12. The normalized spacial score (nSPS) is 20.0. The van der Waals surface area contributed by atoms with Crippen molar-refractivity contribution in [3.8, 4) is 0 Å². The standard InChI is InChI=1S/C17H25FN2O/c1-12-8-10-20(11-9-12)14(3)17(21)19-13(2)15-4-6-16(18)7-5-15/h4-7,12-14H,8-11H2,1-3H3,(H,19,21). The third-order valence-corrected chi connectivity index (χ3v) is 4.47. The van der Waals surface area contributed by atoms with Crippen molar-refractivity contribution >= 4 is 5.91 Å². The molecule has 1 aliphatic heterocycles. The molecule has 1 N–H and O–H groups in total. The number of amides is 1. The van der Waals surface area contributed by atoms with Crippen molar-refractivity contribution in [2.75, 3.05) is 13.1 Å². The van der Waals surface area contributed by atoms with E-state index in [9.17, 15) is 9.18 Å². The van der Waals surface area contributed by atoms with Crippen molar-refractivity contribution < 1.29 is 9.18 Å². The average molecular weight is 292 g/mol. The molecule has 1 aliphatic rings. The Bertz CT molecular complexity index is 466. The molecule has 3 nitrogen and oxygen atoms in total. The minimum absolute atomic E-state index is 0.0429. The van der Waals surface area contributed by atoms with Gasteiger partial charge in [-0.2, -0.15) is 0 Å². The Balaban J connectivity index is 1.89. The molecule has 0 saturated carbocycles. The summed E-state index contributed by atoms with van der Waals surface area (Å²) in [5.41, 5.74) is 0.921. The second-order valence-corrected chi connectivity index (χ2v) is 6.18. The fourth-order valence-electron chi connectivity index (χ4n) is 2.75. The van der Waals surface area contributed by atoms with Crippen LogP contribution >= 0.6 is 0 Å². The summed E-state index contributed by atoms with van der Waals surface area (Å²) in [7, 11) is 0. The molecular weight excluding hydrogens is 267 g/mol. The van der Waals surface area contributed by atoms with E-state index in [2.05, 4.69) is 17.1 Å². The number of likely N-dealkylation sites (tertiary alicyclic amines) is 1. The number of hydrogen-bond donors (Lipinski definition) is 1. The molecular formula is C17H25FN2O. The summed E-state index contributed by atoms with van der Waals surface area (Å²) in [5, 5.41) is 3.02. The van der Waals surface area contributed by atoms with Gasteiger partial charge >= 0.3 is 0 Å². The van der Waals surface area contributed by atoms with Crippen molar-refractivity contribution in [3.05, 3.63) is 35.6 Å². The van der Waals surface area contributed by atoms with Gasteiger partial charge in [0, 0.05) is 0 Å². The smallest absolute Gasteiger partial charge is 0.237 e. The van der Waals surface area contributed by atoms with E-state index < -0.39 is 0 Å². The largest absolute Gasteiger partial charge is 0.348 e. The molecule has 1 aromatic carbocycles. The molecule has 1 heterocycles. The highest BCUT2D eigenvalue weighted by atomic mass is 19.1. The maximum absolute atomic E-state index is 12.9. The van der Waals surface area contributed by atoms with Gasteiger partial charge in [-0.25, -0.2) is 4.39 Å². The van der Waals surface area contributed by atoms with Crippen LogP contribution in [0.15, 0.2) is 24.3 Å². The monoisotopic (exact) mass is 292 g/mol. The molecule has 1 aromatic rings. The number of rotatable bonds is 4. The Morgan fingerprint density at radius 2 is 1.81 bits per heavy atom. The molecule has 0 bridgehead atoms. The number of benzene rings is 1. The van der Waals surface area contributed by atoms with Gasteiger partial charge in [0.2, 0.25) is 5.91 Å². The first kappa shape index (κ1) is 16.0. The zero-order chi connectivity index (χ0) is 15.4. The Labute approximate surface area is 126 Å². The molecule has 21 heavy (non-hydrogen) atoms. The summed E-state index contributed by atoms with van der Waals surface area (Å²) in [4.78, 5) is 14.6. The van der Waals surface area contributed by atoms with Crippen molar-refractivity contribution in [1.29, 1.82) is 0 Å². The molecule has 2 atom stereocenters. The van der Waals surface area contributed by atoms with E-state index >= 15 is 0 Å². The van der Waals surface area contributed by atoms with E-state index in [1.165, 1.54) is 12.1 Å². The third-order valence-electron chi connectivity index (χ3n) is 4.47. The Kier molecular flexibility index (Phi) is 5.34. The molecule has 0 spiro atoms. The third kappa shape index (κ3) is 4.27. The van der Waals surface area contributed by atoms with Crippen LogP contribution in [0.1, 0.15) is 45.2 Å². The van der Waals surface area contributed by atoms with Gasteiger partial charge in [-0.05, 0) is 63.4 Å². The van der Waals surface area contributed by atoms with Gasteiger partial charge in [0.05, 0.1) is 12.1 Å². The zero-order valence-electron chi connectivity index (χ0n) is 13.1. The molecule has 0 radical (unpaired) electrons. The van der Waals surface area contributed by atoms with Gasteiger partial charge in [0.1, 0.15) is 5.82 Å². The van der Waals surface area contributed by atoms with Crippen molar-refractivity contribution in [1.82, 2.24) is 10.2 Å². The molecule has 4 heteroatoms. The summed E-state index contributed by atoms with van der Waals surface area (Å²) < 4.78 is 12.9. The van der Waals surface area contributed by atoms with E-state index in [-0.39, 0.29) is 23.8 Å². The Hall–Kier alpha value is -1.42. The maximum atomic E-state index is 12.9. The molecule has 116 valence electrons. The van der Waals surface area contributed by atoms with Crippen LogP contribution in [-0.2, 0) is 4.79 Å². The number of halogens is 1. The highest BCUT2D eigenvalue weighted by Crippen LogP contribution is 2.19. The first-order valence-corrected chi connectivity index (χ1v) is 7.77. The maximum Gasteiger partial charge on any atom is 0.237 e. The van der Waals surface area contributed by atoms with E-state index in [1.807, 2.05) is 13.8 Å². The Morgan fingerprint density at radius 3 is 2.38 bits per heavy atom. The van der Waals surface area contributed by atoms with Crippen LogP contribution in [0.4, 0.5) is 4.39 Å². The highest BCUT2D eigenvalue weighted by Gasteiger charge is 2.25. The molecule has 1 fully saturated rings. The van der Waals surface area contributed by atoms with E-state index in [0.29, 0.717) is 0 Å². The first-order chi connectivity index (χ1) is 9.97. The molecule has 0 aromatic heterocycles. The second-order valence-electron chi connectivity index (χ2n) is 6.18. The van der Waals surface area contributed by atoms with Crippen LogP contribution in [-0.4, -0.2) is 29.9 Å². The van der Waals surface area contributed by atoms with Crippen LogP contribution in [0.25, 0.3) is 0 Å². The summed E-state index contributed by atoms with van der Waals surface area (Å²) in [6.07, 6.45) is 2.32. The lowest BCUT2D eigenvalue weighted by Crippen LogP contribution is -2.48. The molecule has 2 unspecified atom stereocenters. The van der Waals surface area contributed by atoms with Crippen LogP contribution < -0.4 is 5.32 Å². The molecule has 0 aliphatic carbocycles. The number of nitrogens with one attached hydrogen (secondary N) is 1. The number of nitrogens with zero attached hydrogens (tertiary/aromatic N) is 1. The molecule has 1 amide bonds. The van der Waals surface area contributed by atoms with Crippen LogP contribution in [0, 0.1) is 11.7 Å². The van der Waals surface area contributed by atoms with Gasteiger partial charge < -0.3 is 5.32 Å².